The van der Waals surface area contributed by atoms with E-state index in [1.165, 1.54) is 16.6 Å². The summed E-state index contributed by atoms with van der Waals surface area (Å²) in [5.74, 6) is -0.388. The number of hydrogen-bond acceptors (Lipinski definition) is 5. The maximum Gasteiger partial charge on any atom is 0.251 e. The molecule has 2 heterocycles. The molecule has 0 unspecified atom stereocenters. The van der Waals surface area contributed by atoms with Crippen molar-refractivity contribution in [3.05, 3.63) is 58.8 Å². The van der Waals surface area contributed by atoms with Crippen LogP contribution in [0.5, 0.6) is 0 Å². The molecule has 0 saturated carbocycles. The lowest BCUT2D eigenvalue weighted by atomic mass is 10.3. The molecular weight excluding hydrogens is 356 g/mol. The monoisotopic (exact) mass is 378 g/mol. The Hall–Kier alpha value is -2.52. The number of aromatic nitrogens is 2. The second-order valence-corrected chi connectivity index (χ2v) is 7.49. The van der Waals surface area contributed by atoms with Gasteiger partial charge in [-0.15, -0.1) is 0 Å². The van der Waals surface area contributed by atoms with E-state index in [-0.39, 0.29) is 17.3 Å². The fourth-order valence-electron chi connectivity index (χ4n) is 2.41. The van der Waals surface area contributed by atoms with Gasteiger partial charge in [0.15, 0.2) is 0 Å². The van der Waals surface area contributed by atoms with E-state index >= 15 is 0 Å². The Morgan fingerprint density at radius 1 is 1.15 bits per heavy atom. The van der Waals surface area contributed by atoms with Gasteiger partial charge in [-0.2, -0.15) is 4.31 Å². The summed E-state index contributed by atoms with van der Waals surface area (Å²) in [7, 11) is -3.70. The molecule has 0 bridgehead atoms. The van der Waals surface area contributed by atoms with Gasteiger partial charge in [0.25, 0.3) is 5.56 Å². The van der Waals surface area contributed by atoms with Crippen LogP contribution in [0, 0.1) is 0 Å². The summed E-state index contributed by atoms with van der Waals surface area (Å²) < 4.78 is 27.5. The van der Waals surface area contributed by atoms with Crippen molar-refractivity contribution in [1.82, 2.24) is 19.2 Å². The molecule has 0 atom stereocenters. The van der Waals surface area contributed by atoms with E-state index in [4.69, 9.17) is 0 Å². The quantitative estimate of drug-likeness (QED) is 0.724. The number of nitrogens with one attached hydrogen (secondary N) is 1. The van der Waals surface area contributed by atoms with Gasteiger partial charge in [0.2, 0.25) is 15.9 Å². The first kappa shape index (κ1) is 19.8. The summed E-state index contributed by atoms with van der Waals surface area (Å²) in [5, 5.41) is 2.69. The second-order valence-electron chi connectivity index (χ2n) is 5.55. The van der Waals surface area contributed by atoms with Gasteiger partial charge in [0.1, 0.15) is 6.54 Å². The fourth-order valence-corrected chi connectivity index (χ4v) is 3.89. The van der Waals surface area contributed by atoms with Gasteiger partial charge in [0, 0.05) is 44.3 Å². The number of amides is 1. The number of pyridine rings is 2. The molecule has 9 heteroatoms. The Morgan fingerprint density at radius 3 is 2.42 bits per heavy atom. The van der Waals surface area contributed by atoms with E-state index in [0.717, 1.165) is 16.2 Å². The Bertz CT molecular complexity index is 906. The van der Waals surface area contributed by atoms with Crippen molar-refractivity contribution in [2.24, 2.45) is 0 Å². The van der Waals surface area contributed by atoms with Crippen LogP contribution in [0.1, 0.15) is 19.4 Å². The van der Waals surface area contributed by atoms with Crippen LogP contribution in [0.4, 0.5) is 0 Å². The third-order valence-electron chi connectivity index (χ3n) is 3.85. The molecule has 140 valence electrons. The third-order valence-corrected chi connectivity index (χ3v) is 5.89. The zero-order valence-corrected chi connectivity index (χ0v) is 15.6. The van der Waals surface area contributed by atoms with Crippen LogP contribution >= 0.6 is 0 Å². The summed E-state index contributed by atoms with van der Waals surface area (Å²) in [4.78, 5) is 28.0. The molecule has 2 aromatic heterocycles. The van der Waals surface area contributed by atoms with Crippen molar-refractivity contribution in [1.29, 1.82) is 0 Å². The largest absolute Gasteiger partial charge is 0.350 e. The zero-order chi connectivity index (χ0) is 19.2. The van der Waals surface area contributed by atoms with Crippen LogP contribution in [0.3, 0.4) is 0 Å². The predicted molar refractivity (Wildman–Crippen MR) is 96.9 cm³/mol. The molecular formula is C17H22N4O4S. The van der Waals surface area contributed by atoms with E-state index in [1.54, 1.807) is 38.4 Å². The van der Waals surface area contributed by atoms with Crippen molar-refractivity contribution in [3.63, 3.8) is 0 Å². The summed E-state index contributed by atoms with van der Waals surface area (Å²) in [5.41, 5.74) is 0.432. The Balaban J connectivity index is 2.14. The van der Waals surface area contributed by atoms with Crippen LogP contribution in [0.25, 0.3) is 0 Å². The molecule has 0 spiro atoms. The molecule has 0 radical (unpaired) electrons. The highest BCUT2D eigenvalue weighted by Gasteiger charge is 2.22. The smallest absolute Gasteiger partial charge is 0.251 e. The Kier molecular flexibility index (Phi) is 6.64. The Morgan fingerprint density at radius 2 is 1.81 bits per heavy atom. The van der Waals surface area contributed by atoms with Gasteiger partial charge in [-0.3, -0.25) is 14.6 Å². The van der Waals surface area contributed by atoms with Gasteiger partial charge in [0.05, 0.1) is 4.90 Å². The maximum absolute atomic E-state index is 12.6. The number of rotatable bonds is 8. The predicted octanol–water partition coefficient (Wildman–Crippen LogP) is 0.590. The van der Waals surface area contributed by atoms with Crippen molar-refractivity contribution in [2.45, 2.75) is 31.8 Å². The van der Waals surface area contributed by atoms with Crippen LogP contribution < -0.4 is 10.9 Å². The van der Waals surface area contributed by atoms with Crippen LogP contribution in [-0.4, -0.2) is 41.3 Å². The van der Waals surface area contributed by atoms with Crippen molar-refractivity contribution >= 4 is 15.9 Å². The molecule has 2 rings (SSSR count). The average molecular weight is 378 g/mol. The first-order chi connectivity index (χ1) is 12.4. The van der Waals surface area contributed by atoms with E-state index in [2.05, 4.69) is 10.3 Å². The number of carbonyl (C=O) groups excluding carboxylic acids is 1. The second kappa shape index (κ2) is 8.72. The fraction of sp³-hybridized carbons (Fsp3) is 0.353. The lowest BCUT2D eigenvalue weighted by Crippen LogP contribution is -2.34. The molecule has 8 nitrogen and oxygen atoms in total. The summed E-state index contributed by atoms with van der Waals surface area (Å²) >= 11 is 0. The van der Waals surface area contributed by atoms with Crippen molar-refractivity contribution in [3.8, 4) is 0 Å². The number of carbonyl (C=O) groups is 1. The van der Waals surface area contributed by atoms with E-state index < -0.39 is 15.6 Å². The van der Waals surface area contributed by atoms with Gasteiger partial charge in [-0.25, -0.2) is 8.42 Å². The highest BCUT2D eigenvalue weighted by Crippen LogP contribution is 2.13. The van der Waals surface area contributed by atoms with Crippen LogP contribution in [0.2, 0.25) is 0 Å². The normalized spacial score (nSPS) is 11.5. The third kappa shape index (κ3) is 4.77. The molecule has 0 fully saturated rings. The first-order valence-electron chi connectivity index (χ1n) is 8.24. The summed E-state index contributed by atoms with van der Waals surface area (Å²) in [6.45, 7) is 4.17. The van der Waals surface area contributed by atoms with Gasteiger partial charge < -0.3 is 9.88 Å². The molecule has 0 aromatic carbocycles. The number of hydrogen-bond donors (Lipinski definition) is 1. The van der Waals surface area contributed by atoms with E-state index in [9.17, 15) is 18.0 Å². The summed E-state index contributed by atoms with van der Waals surface area (Å²) in [6.07, 6.45) is 4.45. The van der Waals surface area contributed by atoms with Gasteiger partial charge in [-0.1, -0.05) is 13.8 Å². The van der Waals surface area contributed by atoms with Gasteiger partial charge >= 0.3 is 0 Å². The van der Waals surface area contributed by atoms with Gasteiger partial charge in [-0.05, 0) is 23.8 Å². The lowest BCUT2D eigenvalue weighted by Gasteiger charge is -2.19. The number of sulfonamides is 1. The van der Waals surface area contributed by atoms with Crippen molar-refractivity contribution in [2.75, 3.05) is 13.1 Å². The molecule has 0 saturated heterocycles. The standard InChI is InChI=1S/C17H22N4O4S/c1-3-21(4-2)26(24,25)15-5-6-17(23)20(12-15)13-16(22)19-11-14-7-9-18-10-8-14/h5-10,12H,3-4,11,13H2,1-2H3,(H,19,22). The molecule has 26 heavy (non-hydrogen) atoms. The number of nitrogens with zero attached hydrogens (tertiary/aromatic N) is 3. The minimum absolute atomic E-state index is 0.0114. The molecule has 0 aliphatic carbocycles. The Labute approximate surface area is 152 Å². The highest BCUT2D eigenvalue weighted by molar-refractivity contribution is 7.89. The highest BCUT2D eigenvalue weighted by atomic mass is 32.2. The van der Waals surface area contributed by atoms with Crippen molar-refractivity contribution < 1.29 is 13.2 Å². The van der Waals surface area contributed by atoms with E-state index in [1.807, 2.05) is 0 Å². The van der Waals surface area contributed by atoms with Crippen LogP contribution in [-0.2, 0) is 27.9 Å². The molecule has 0 aliphatic heterocycles. The lowest BCUT2D eigenvalue weighted by molar-refractivity contribution is -0.121. The SMILES string of the molecule is CCN(CC)S(=O)(=O)c1ccc(=O)n(CC(=O)NCc2ccncc2)c1. The first-order valence-corrected chi connectivity index (χ1v) is 9.68. The van der Waals surface area contributed by atoms with Crippen LogP contribution in [0.15, 0.2) is 52.5 Å². The topological polar surface area (TPSA) is 101 Å². The average Bonchev–Trinajstić information content (AvgIpc) is 2.63. The minimum atomic E-state index is -3.70. The van der Waals surface area contributed by atoms with E-state index in [0.29, 0.717) is 19.6 Å². The molecule has 2 aromatic rings. The molecule has 1 N–H and O–H groups in total. The summed E-state index contributed by atoms with van der Waals surface area (Å²) in [6, 6.07) is 5.96. The minimum Gasteiger partial charge on any atom is -0.350 e. The molecule has 0 aliphatic rings. The molecule has 1 amide bonds. The maximum atomic E-state index is 12.6. The zero-order valence-electron chi connectivity index (χ0n) is 14.8.